The van der Waals surface area contributed by atoms with Gasteiger partial charge in [0.25, 0.3) is 5.56 Å². The second-order valence-electron chi connectivity index (χ2n) is 7.66. The number of carbonyl (C=O) groups is 1. The molecular weight excluding hydrogens is 414 g/mol. The number of esters is 1. The minimum atomic E-state index is -0.691. The van der Waals surface area contributed by atoms with E-state index in [0.717, 1.165) is 33.8 Å². The Labute approximate surface area is 183 Å². The maximum atomic E-state index is 14.1. The molecule has 7 heteroatoms. The van der Waals surface area contributed by atoms with E-state index < -0.39 is 11.6 Å². The van der Waals surface area contributed by atoms with E-state index in [4.69, 9.17) is 4.74 Å². The highest BCUT2D eigenvalue weighted by Crippen LogP contribution is 2.28. The van der Waals surface area contributed by atoms with Gasteiger partial charge in [-0.15, -0.1) is 0 Å². The molecule has 0 aliphatic heterocycles. The Hall–Kier alpha value is -3.74. The molecule has 0 spiro atoms. The number of rotatable bonds is 6. The summed E-state index contributed by atoms with van der Waals surface area (Å²) in [4.78, 5) is 24.3. The number of pyridine rings is 1. The predicted molar refractivity (Wildman–Crippen MR) is 118 cm³/mol. The van der Waals surface area contributed by atoms with Gasteiger partial charge in [0, 0.05) is 46.9 Å². The molecule has 4 rings (SSSR count). The van der Waals surface area contributed by atoms with Crippen molar-refractivity contribution in [3.8, 4) is 0 Å². The minimum Gasteiger partial charge on any atom is -0.468 e. The van der Waals surface area contributed by atoms with Crippen molar-refractivity contribution in [2.45, 2.75) is 26.4 Å². The van der Waals surface area contributed by atoms with Crippen LogP contribution < -0.4 is 5.56 Å². The highest BCUT2D eigenvalue weighted by atomic mass is 19.1. The Bertz CT molecular complexity index is 1370. The lowest BCUT2D eigenvalue weighted by Gasteiger charge is -2.10. The first kappa shape index (κ1) is 21.5. The van der Waals surface area contributed by atoms with Gasteiger partial charge < -0.3 is 13.9 Å². The van der Waals surface area contributed by atoms with Crippen LogP contribution in [0, 0.1) is 18.6 Å². The van der Waals surface area contributed by atoms with Crippen molar-refractivity contribution in [1.29, 1.82) is 0 Å². The Morgan fingerprint density at radius 1 is 1.06 bits per heavy atom. The van der Waals surface area contributed by atoms with Crippen molar-refractivity contribution in [2.75, 3.05) is 7.11 Å². The molecule has 0 radical (unpaired) electrons. The molecule has 0 bridgehead atoms. The van der Waals surface area contributed by atoms with Gasteiger partial charge in [0.1, 0.15) is 18.2 Å². The third-order valence-electron chi connectivity index (χ3n) is 5.66. The van der Waals surface area contributed by atoms with E-state index in [1.165, 1.54) is 29.9 Å². The lowest BCUT2D eigenvalue weighted by Crippen LogP contribution is -2.20. The van der Waals surface area contributed by atoms with Gasteiger partial charge in [-0.1, -0.05) is 30.3 Å². The summed E-state index contributed by atoms with van der Waals surface area (Å²) in [5.74, 6) is -1.69. The number of ether oxygens (including phenoxy) is 1. The molecule has 0 saturated heterocycles. The average Bonchev–Trinajstić information content (AvgIpc) is 3.03. The normalized spacial score (nSPS) is 11.1. The molecule has 2 aromatic heterocycles. The van der Waals surface area contributed by atoms with Crippen LogP contribution in [0.3, 0.4) is 0 Å². The van der Waals surface area contributed by atoms with Crippen molar-refractivity contribution in [2.24, 2.45) is 0 Å². The van der Waals surface area contributed by atoms with E-state index in [2.05, 4.69) is 0 Å². The molecule has 0 fully saturated rings. The summed E-state index contributed by atoms with van der Waals surface area (Å²) in [5, 5.41) is 1.01. The SMILES string of the molecule is COC(=O)Cn1c(C)c(Cc2ccc(=O)n(Cc3ccc(F)cc3F)c2)c2ccccc21. The van der Waals surface area contributed by atoms with Gasteiger partial charge in [0.2, 0.25) is 0 Å². The number of carbonyl (C=O) groups excluding carboxylic acids is 1. The van der Waals surface area contributed by atoms with Crippen LogP contribution in [-0.2, 0) is 29.0 Å². The van der Waals surface area contributed by atoms with E-state index in [9.17, 15) is 18.4 Å². The molecule has 0 aliphatic carbocycles. The van der Waals surface area contributed by atoms with E-state index in [-0.39, 0.29) is 30.2 Å². The van der Waals surface area contributed by atoms with E-state index in [1.54, 1.807) is 12.3 Å². The van der Waals surface area contributed by atoms with Crippen LogP contribution in [0.4, 0.5) is 8.78 Å². The molecule has 32 heavy (non-hydrogen) atoms. The lowest BCUT2D eigenvalue weighted by atomic mass is 10.0. The van der Waals surface area contributed by atoms with Crippen LogP contribution in [0.2, 0.25) is 0 Å². The van der Waals surface area contributed by atoms with Gasteiger partial charge in [-0.25, -0.2) is 8.78 Å². The van der Waals surface area contributed by atoms with Crippen LogP contribution in [0.25, 0.3) is 10.9 Å². The fraction of sp³-hybridized carbons (Fsp3) is 0.200. The van der Waals surface area contributed by atoms with E-state index >= 15 is 0 Å². The summed E-state index contributed by atoms with van der Waals surface area (Å²) in [5.41, 5.74) is 3.70. The van der Waals surface area contributed by atoms with Crippen LogP contribution in [0.1, 0.15) is 22.4 Å². The Balaban J connectivity index is 1.71. The molecular formula is C25H22F2N2O3. The average molecular weight is 436 g/mol. The van der Waals surface area contributed by atoms with Crippen LogP contribution in [-0.4, -0.2) is 22.2 Å². The maximum absolute atomic E-state index is 14.1. The van der Waals surface area contributed by atoms with Gasteiger partial charge in [0.05, 0.1) is 13.7 Å². The van der Waals surface area contributed by atoms with Crippen LogP contribution >= 0.6 is 0 Å². The minimum absolute atomic E-state index is 0.00185. The summed E-state index contributed by atoms with van der Waals surface area (Å²) in [6.45, 7) is 2.05. The van der Waals surface area contributed by atoms with E-state index in [0.29, 0.717) is 6.42 Å². The largest absolute Gasteiger partial charge is 0.468 e. The third-order valence-corrected chi connectivity index (χ3v) is 5.66. The molecule has 0 N–H and O–H groups in total. The highest BCUT2D eigenvalue weighted by Gasteiger charge is 2.17. The summed E-state index contributed by atoms with van der Waals surface area (Å²) in [6, 6.07) is 14.3. The van der Waals surface area contributed by atoms with Crippen molar-refractivity contribution in [3.05, 3.63) is 105 Å². The summed E-state index contributed by atoms with van der Waals surface area (Å²) in [6.07, 6.45) is 2.21. The molecule has 164 valence electrons. The summed E-state index contributed by atoms with van der Waals surface area (Å²) < 4.78 is 35.4. The Morgan fingerprint density at radius 2 is 1.84 bits per heavy atom. The monoisotopic (exact) mass is 436 g/mol. The topological polar surface area (TPSA) is 53.2 Å². The standard InChI is InChI=1S/C25H22F2N2O3/c1-16-21(20-5-3-4-6-23(20)29(16)15-25(31)32-2)11-17-7-10-24(30)28(13-17)14-18-8-9-19(26)12-22(18)27/h3-10,12-13H,11,14-15H2,1-2H3. The van der Waals surface area contributed by atoms with Crippen molar-refractivity contribution in [1.82, 2.24) is 9.13 Å². The molecule has 0 unspecified atom stereocenters. The van der Waals surface area contributed by atoms with Gasteiger partial charge >= 0.3 is 5.97 Å². The van der Waals surface area contributed by atoms with Gasteiger partial charge in [-0.3, -0.25) is 9.59 Å². The van der Waals surface area contributed by atoms with Gasteiger partial charge in [0.15, 0.2) is 0 Å². The summed E-state index contributed by atoms with van der Waals surface area (Å²) >= 11 is 0. The highest BCUT2D eigenvalue weighted by molar-refractivity contribution is 5.87. The molecule has 2 heterocycles. The first-order valence-electron chi connectivity index (χ1n) is 10.1. The van der Waals surface area contributed by atoms with Crippen molar-refractivity contribution in [3.63, 3.8) is 0 Å². The number of hydrogen-bond acceptors (Lipinski definition) is 3. The number of para-hydroxylation sites is 1. The molecule has 0 aliphatic rings. The molecule has 0 atom stereocenters. The Morgan fingerprint density at radius 3 is 2.59 bits per heavy atom. The van der Waals surface area contributed by atoms with Crippen molar-refractivity contribution >= 4 is 16.9 Å². The quantitative estimate of drug-likeness (QED) is 0.426. The number of nitrogens with zero attached hydrogens (tertiary/aromatic N) is 2. The number of aromatic nitrogens is 2. The van der Waals surface area contributed by atoms with Gasteiger partial charge in [-0.2, -0.15) is 0 Å². The number of hydrogen-bond donors (Lipinski definition) is 0. The van der Waals surface area contributed by atoms with Crippen LogP contribution in [0.5, 0.6) is 0 Å². The third kappa shape index (κ3) is 4.19. The fourth-order valence-corrected chi connectivity index (χ4v) is 3.97. The first-order chi connectivity index (χ1) is 15.4. The number of benzene rings is 2. The molecule has 0 saturated carbocycles. The number of fused-ring (bicyclic) bond motifs is 1. The zero-order valence-electron chi connectivity index (χ0n) is 17.8. The smallest absolute Gasteiger partial charge is 0.325 e. The van der Waals surface area contributed by atoms with Crippen LogP contribution in [0.15, 0.2) is 65.6 Å². The second-order valence-corrected chi connectivity index (χ2v) is 7.66. The molecule has 2 aromatic carbocycles. The zero-order chi connectivity index (χ0) is 22.8. The molecule has 5 nitrogen and oxygen atoms in total. The van der Waals surface area contributed by atoms with Gasteiger partial charge in [-0.05, 0) is 30.2 Å². The maximum Gasteiger partial charge on any atom is 0.325 e. The Kier molecular flexibility index (Phi) is 5.90. The second kappa shape index (κ2) is 8.78. The molecule has 0 amide bonds. The summed E-state index contributed by atoms with van der Waals surface area (Å²) in [7, 11) is 1.36. The number of halogens is 2. The van der Waals surface area contributed by atoms with Crippen molar-refractivity contribution < 1.29 is 18.3 Å². The molecule has 4 aromatic rings. The predicted octanol–water partition coefficient (Wildman–Crippen LogP) is 4.20. The number of methoxy groups -OCH3 is 1. The van der Waals surface area contributed by atoms with E-state index in [1.807, 2.05) is 35.8 Å². The zero-order valence-corrected chi connectivity index (χ0v) is 17.8. The lowest BCUT2D eigenvalue weighted by molar-refractivity contribution is -0.141. The first-order valence-corrected chi connectivity index (χ1v) is 10.1. The fourth-order valence-electron chi connectivity index (χ4n) is 3.97.